The van der Waals surface area contributed by atoms with Crippen LogP contribution in [0, 0.1) is 14.2 Å². The van der Waals surface area contributed by atoms with Crippen LogP contribution in [0.5, 0.6) is 0 Å². The number of hydrogen-bond donors (Lipinski definition) is 2. The third kappa shape index (κ3) is 2.61. The third-order valence-corrected chi connectivity index (χ3v) is 6.03. The molecule has 0 aliphatic carbocycles. The zero-order valence-electron chi connectivity index (χ0n) is 10.3. The van der Waals surface area contributed by atoms with Crippen LogP contribution in [0.15, 0.2) is 11.4 Å². The monoisotopic (exact) mass is 415 g/mol. The highest BCUT2D eigenvalue weighted by atomic mass is 127. The first-order valence-electron chi connectivity index (χ1n) is 6.00. The van der Waals surface area contributed by atoms with Gasteiger partial charge in [-0.1, -0.05) is 0 Å². The van der Waals surface area contributed by atoms with E-state index in [1.807, 2.05) is 11.4 Å². The van der Waals surface area contributed by atoms with Gasteiger partial charge in [-0.25, -0.2) is 0 Å². The van der Waals surface area contributed by atoms with Crippen molar-refractivity contribution in [3.8, 4) is 6.07 Å². The van der Waals surface area contributed by atoms with Crippen LogP contribution in [-0.2, 0) is 13.0 Å². The number of rotatable bonds is 2. The van der Waals surface area contributed by atoms with Crippen molar-refractivity contribution in [3.63, 3.8) is 0 Å². The molecule has 0 spiro atoms. The third-order valence-electron chi connectivity index (χ3n) is 3.10. The Labute approximate surface area is 138 Å². The highest BCUT2D eigenvalue weighted by Gasteiger charge is 2.22. The van der Waals surface area contributed by atoms with E-state index in [1.54, 1.807) is 0 Å². The Hall–Kier alpha value is -0.950. The van der Waals surface area contributed by atoms with Crippen LogP contribution in [0.4, 0.5) is 5.00 Å². The molecule has 0 aromatic carbocycles. The van der Waals surface area contributed by atoms with Crippen molar-refractivity contribution >= 4 is 56.2 Å². The molecule has 20 heavy (non-hydrogen) atoms. The Morgan fingerprint density at radius 2 is 2.40 bits per heavy atom. The number of nitrogens with one attached hydrogen (secondary N) is 2. The first-order chi connectivity index (χ1) is 9.69. The lowest BCUT2D eigenvalue weighted by Crippen LogP contribution is -2.22. The molecular formula is C13H10IN3OS2. The fraction of sp³-hybridized carbons (Fsp3) is 0.231. The minimum atomic E-state index is -0.146. The molecule has 7 heteroatoms. The maximum absolute atomic E-state index is 12.2. The van der Waals surface area contributed by atoms with Gasteiger partial charge in [-0.05, 0) is 47.2 Å². The molecule has 1 aliphatic rings. The molecular weight excluding hydrogens is 405 g/mol. The Bertz CT molecular complexity index is 714. The van der Waals surface area contributed by atoms with Crippen LogP contribution in [0.1, 0.15) is 26.4 Å². The van der Waals surface area contributed by atoms with Crippen molar-refractivity contribution in [1.29, 1.82) is 5.26 Å². The molecule has 0 fully saturated rings. The van der Waals surface area contributed by atoms with E-state index >= 15 is 0 Å². The van der Waals surface area contributed by atoms with Gasteiger partial charge in [0.15, 0.2) is 0 Å². The molecule has 3 rings (SSSR count). The normalized spacial score (nSPS) is 13.6. The topological polar surface area (TPSA) is 64.9 Å². The van der Waals surface area contributed by atoms with Gasteiger partial charge in [-0.3, -0.25) is 4.79 Å². The predicted molar refractivity (Wildman–Crippen MR) is 89.4 cm³/mol. The highest BCUT2D eigenvalue weighted by Crippen LogP contribution is 2.35. The molecule has 2 aromatic heterocycles. The fourth-order valence-corrected chi connectivity index (χ4v) is 4.63. The lowest BCUT2D eigenvalue weighted by atomic mass is 10.1. The Balaban J connectivity index is 1.89. The SMILES string of the molecule is N#Cc1c(NC(=O)c2csc(I)c2)sc2c1CCNC2. The summed E-state index contributed by atoms with van der Waals surface area (Å²) in [5, 5.41) is 18.0. The van der Waals surface area contributed by atoms with Gasteiger partial charge >= 0.3 is 0 Å². The number of thiophene rings is 2. The van der Waals surface area contributed by atoms with Crippen LogP contribution in [0.2, 0.25) is 0 Å². The van der Waals surface area contributed by atoms with Crippen molar-refractivity contribution in [2.45, 2.75) is 13.0 Å². The summed E-state index contributed by atoms with van der Waals surface area (Å²) in [6.07, 6.45) is 0.848. The molecule has 4 nitrogen and oxygen atoms in total. The number of carbonyl (C=O) groups excluding carboxylic acids is 1. The van der Waals surface area contributed by atoms with Gasteiger partial charge in [0.25, 0.3) is 5.91 Å². The average molecular weight is 415 g/mol. The summed E-state index contributed by atoms with van der Waals surface area (Å²) in [6, 6.07) is 4.08. The van der Waals surface area contributed by atoms with Crippen molar-refractivity contribution in [2.24, 2.45) is 0 Å². The first kappa shape index (κ1) is 14.0. The lowest BCUT2D eigenvalue weighted by Gasteiger charge is -2.11. The number of amides is 1. The van der Waals surface area contributed by atoms with E-state index in [0.717, 1.165) is 32.8 Å². The van der Waals surface area contributed by atoms with Crippen molar-refractivity contribution in [1.82, 2.24) is 5.32 Å². The molecule has 0 saturated heterocycles. The molecule has 0 atom stereocenters. The first-order valence-corrected chi connectivity index (χ1v) is 8.77. The summed E-state index contributed by atoms with van der Waals surface area (Å²) in [7, 11) is 0. The van der Waals surface area contributed by atoms with Gasteiger partial charge < -0.3 is 10.6 Å². The second-order valence-corrected chi connectivity index (χ2v) is 8.25. The predicted octanol–water partition coefficient (Wildman–Crippen LogP) is 3.18. The highest BCUT2D eigenvalue weighted by molar-refractivity contribution is 14.1. The molecule has 1 amide bonds. The van der Waals surface area contributed by atoms with Gasteiger partial charge in [-0.15, -0.1) is 22.7 Å². The van der Waals surface area contributed by atoms with Gasteiger partial charge in [0.1, 0.15) is 11.1 Å². The van der Waals surface area contributed by atoms with Crippen LogP contribution in [0.3, 0.4) is 0 Å². The zero-order valence-corrected chi connectivity index (χ0v) is 14.1. The maximum atomic E-state index is 12.2. The summed E-state index contributed by atoms with van der Waals surface area (Å²) in [5.41, 5.74) is 2.36. The van der Waals surface area contributed by atoms with Crippen molar-refractivity contribution in [2.75, 3.05) is 11.9 Å². The summed E-state index contributed by atoms with van der Waals surface area (Å²) in [4.78, 5) is 13.3. The second-order valence-electron chi connectivity index (χ2n) is 4.34. The fourth-order valence-electron chi connectivity index (χ4n) is 2.15. The molecule has 0 saturated carbocycles. The quantitative estimate of drug-likeness (QED) is 0.741. The van der Waals surface area contributed by atoms with E-state index in [4.69, 9.17) is 0 Å². The van der Waals surface area contributed by atoms with Gasteiger partial charge in [0, 0.05) is 16.8 Å². The second kappa shape index (κ2) is 5.81. The maximum Gasteiger partial charge on any atom is 0.257 e. The summed E-state index contributed by atoms with van der Waals surface area (Å²) in [5.74, 6) is -0.146. The molecule has 2 N–H and O–H groups in total. The minimum absolute atomic E-state index is 0.146. The summed E-state index contributed by atoms with van der Waals surface area (Å²) < 4.78 is 1.07. The Morgan fingerprint density at radius 3 is 3.10 bits per heavy atom. The number of hydrogen-bond acceptors (Lipinski definition) is 5. The number of fused-ring (bicyclic) bond motifs is 1. The van der Waals surface area contributed by atoms with Gasteiger partial charge in [-0.2, -0.15) is 5.26 Å². The van der Waals surface area contributed by atoms with Crippen LogP contribution in [0.25, 0.3) is 0 Å². The van der Waals surface area contributed by atoms with E-state index in [-0.39, 0.29) is 5.91 Å². The van der Waals surface area contributed by atoms with Crippen LogP contribution in [-0.4, -0.2) is 12.5 Å². The molecule has 102 valence electrons. The van der Waals surface area contributed by atoms with E-state index in [2.05, 4.69) is 39.3 Å². The van der Waals surface area contributed by atoms with Gasteiger partial charge in [0.2, 0.25) is 0 Å². The Morgan fingerprint density at radius 1 is 1.55 bits per heavy atom. The lowest BCUT2D eigenvalue weighted by molar-refractivity contribution is 0.102. The Kier molecular flexibility index (Phi) is 4.07. The zero-order chi connectivity index (χ0) is 14.1. The van der Waals surface area contributed by atoms with Crippen LogP contribution < -0.4 is 10.6 Å². The van der Waals surface area contributed by atoms with E-state index in [0.29, 0.717) is 16.1 Å². The molecule has 0 bridgehead atoms. The largest absolute Gasteiger partial charge is 0.312 e. The number of nitrogens with zero attached hydrogens (tertiary/aromatic N) is 1. The molecule has 0 unspecified atom stereocenters. The molecule has 1 aliphatic heterocycles. The van der Waals surface area contributed by atoms with Gasteiger partial charge in [0.05, 0.1) is 14.0 Å². The van der Waals surface area contributed by atoms with E-state index in [9.17, 15) is 10.1 Å². The summed E-state index contributed by atoms with van der Waals surface area (Å²) in [6.45, 7) is 1.66. The number of anilines is 1. The minimum Gasteiger partial charge on any atom is -0.312 e. The van der Waals surface area contributed by atoms with E-state index < -0.39 is 0 Å². The average Bonchev–Trinajstić information content (AvgIpc) is 3.01. The molecule has 0 radical (unpaired) electrons. The molecule has 2 aromatic rings. The number of nitriles is 1. The number of halogens is 1. The number of carbonyl (C=O) groups is 1. The molecule has 3 heterocycles. The smallest absolute Gasteiger partial charge is 0.257 e. The van der Waals surface area contributed by atoms with Crippen LogP contribution >= 0.6 is 45.3 Å². The van der Waals surface area contributed by atoms with Crippen molar-refractivity contribution in [3.05, 3.63) is 35.9 Å². The summed E-state index contributed by atoms with van der Waals surface area (Å²) >= 11 is 5.23. The standard InChI is InChI=1S/C13H10IN3OS2/c14-11-3-7(6-19-11)12(18)17-13-9(4-15)8-1-2-16-5-10(8)20-13/h3,6,16H,1-2,5H2,(H,17,18). The van der Waals surface area contributed by atoms with Crippen molar-refractivity contribution < 1.29 is 4.79 Å². The van der Waals surface area contributed by atoms with E-state index in [1.165, 1.54) is 22.7 Å².